The largest absolute Gasteiger partial charge is 0.495 e. The van der Waals surface area contributed by atoms with E-state index in [1.54, 1.807) is 7.11 Å². The fraction of sp³-hybridized carbons (Fsp3) is 0.500. The van der Waals surface area contributed by atoms with E-state index in [9.17, 15) is 0 Å². The second-order valence-electron chi connectivity index (χ2n) is 6.78. The van der Waals surface area contributed by atoms with Crippen LogP contribution in [-0.2, 0) is 13.5 Å². The molecule has 0 amide bonds. The molecule has 0 spiro atoms. The van der Waals surface area contributed by atoms with Crippen LogP contribution in [0.5, 0.6) is 5.75 Å². The lowest BCUT2D eigenvalue weighted by Gasteiger charge is -2.22. The van der Waals surface area contributed by atoms with Crippen LogP contribution < -0.4 is 20.3 Å². The minimum Gasteiger partial charge on any atom is -0.495 e. The first-order valence-corrected chi connectivity index (χ1v) is 9.60. The van der Waals surface area contributed by atoms with Gasteiger partial charge in [-0.15, -0.1) is 0 Å². The molecule has 146 valence electrons. The summed E-state index contributed by atoms with van der Waals surface area (Å²) in [6.07, 6.45) is 5.91. The lowest BCUT2D eigenvalue weighted by atomic mass is 10.2. The van der Waals surface area contributed by atoms with Gasteiger partial charge < -0.3 is 20.3 Å². The highest BCUT2D eigenvalue weighted by Crippen LogP contribution is 2.30. The maximum Gasteiger partial charge on any atom is 0.191 e. The summed E-state index contributed by atoms with van der Waals surface area (Å²) < 4.78 is 7.33. The molecule has 1 aliphatic heterocycles. The number of aryl methyl sites for hydroxylation is 1. The minimum absolute atomic E-state index is 0.367. The molecule has 7 heteroatoms. The van der Waals surface area contributed by atoms with Gasteiger partial charge in [0, 0.05) is 45.5 Å². The van der Waals surface area contributed by atoms with E-state index in [2.05, 4.69) is 39.7 Å². The predicted molar refractivity (Wildman–Crippen MR) is 110 cm³/mol. The van der Waals surface area contributed by atoms with Gasteiger partial charge in [-0.05, 0) is 37.5 Å². The van der Waals surface area contributed by atoms with E-state index in [4.69, 9.17) is 9.73 Å². The van der Waals surface area contributed by atoms with Gasteiger partial charge in [0.15, 0.2) is 5.96 Å². The van der Waals surface area contributed by atoms with Crippen molar-refractivity contribution in [3.63, 3.8) is 0 Å². The summed E-state index contributed by atoms with van der Waals surface area (Å²) in [5.41, 5.74) is 2.36. The van der Waals surface area contributed by atoms with Crippen molar-refractivity contribution in [3.05, 3.63) is 42.2 Å². The molecule has 0 radical (unpaired) electrons. The Bertz CT molecular complexity index is 756. The van der Waals surface area contributed by atoms with Crippen molar-refractivity contribution in [3.8, 4) is 5.75 Å². The van der Waals surface area contributed by atoms with E-state index in [0.717, 1.165) is 56.4 Å². The van der Waals surface area contributed by atoms with Gasteiger partial charge in [-0.25, -0.2) is 0 Å². The summed E-state index contributed by atoms with van der Waals surface area (Å²) in [5.74, 6) is 1.81. The molecule has 3 rings (SSSR count). The molecule has 1 unspecified atom stereocenters. The third kappa shape index (κ3) is 5.15. The minimum atomic E-state index is 0.367. The average molecular weight is 371 g/mol. The van der Waals surface area contributed by atoms with Crippen LogP contribution in [0.4, 0.5) is 5.69 Å². The standard InChI is InChI=1S/C20H30N6O/c1-4-21-20(22-11-9-16-13-23-25(2)14-16)24-17-10-12-26(15-17)18-7-5-6-8-19(18)27-3/h5-8,13-14,17H,4,9-12,15H2,1-3H3,(H2,21,22,24). The first-order chi connectivity index (χ1) is 13.2. The molecule has 1 saturated heterocycles. The number of methoxy groups -OCH3 is 1. The Balaban J connectivity index is 1.56. The Hall–Kier alpha value is -2.70. The molecule has 27 heavy (non-hydrogen) atoms. The lowest BCUT2D eigenvalue weighted by molar-refractivity contribution is 0.415. The molecule has 2 aromatic rings. The van der Waals surface area contributed by atoms with E-state index < -0.39 is 0 Å². The number of benzene rings is 1. The fourth-order valence-corrected chi connectivity index (χ4v) is 3.40. The molecule has 7 nitrogen and oxygen atoms in total. The Morgan fingerprint density at radius 3 is 2.96 bits per heavy atom. The highest BCUT2D eigenvalue weighted by atomic mass is 16.5. The first kappa shape index (κ1) is 19.1. The topological polar surface area (TPSA) is 66.7 Å². The zero-order valence-electron chi connectivity index (χ0n) is 16.5. The Morgan fingerprint density at radius 1 is 1.37 bits per heavy atom. The Labute approximate surface area is 161 Å². The average Bonchev–Trinajstić information content (AvgIpc) is 3.31. The fourth-order valence-electron chi connectivity index (χ4n) is 3.40. The van der Waals surface area contributed by atoms with E-state index in [1.807, 2.05) is 36.3 Å². The van der Waals surface area contributed by atoms with E-state index in [1.165, 1.54) is 5.56 Å². The number of ether oxygens (including phenoxy) is 1. The normalized spacial score (nSPS) is 17.2. The van der Waals surface area contributed by atoms with Gasteiger partial charge in [0.1, 0.15) is 5.75 Å². The quantitative estimate of drug-likeness (QED) is 0.575. The van der Waals surface area contributed by atoms with Crippen LogP contribution in [-0.4, -0.2) is 55.1 Å². The van der Waals surface area contributed by atoms with Crippen molar-refractivity contribution in [2.45, 2.75) is 25.8 Å². The number of rotatable bonds is 7. The zero-order chi connectivity index (χ0) is 19.1. The number of guanidine groups is 1. The maximum atomic E-state index is 5.50. The van der Waals surface area contributed by atoms with Crippen LogP contribution in [0, 0.1) is 0 Å². The monoisotopic (exact) mass is 370 g/mol. The van der Waals surface area contributed by atoms with E-state index in [-0.39, 0.29) is 0 Å². The SMILES string of the molecule is CCNC(=NCCc1cnn(C)c1)NC1CCN(c2ccccc2OC)C1. The van der Waals surface area contributed by atoms with Crippen molar-refractivity contribution >= 4 is 11.6 Å². The molecule has 1 fully saturated rings. The predicted octanol–water partition coefficient (Wildman–Crippen LogP) is 1.81. The highest BCUT2D eigenvalue weighted by molar-refractivity contribution is 5.80. The smallest absolute Gasteiger partial charge is 0.191 e. The molecule has 1 aromatic carbocycles. The Morgan fingerprint density at radius 2 is 2.22 bits per heavy atom. The van der Waals surface area contributed by atoms with Crippen LogP contribution in [0.1, 0.15) is 18.9 Å². The Kier molecular flexibility index (Phi) is 6.57. The zero-order valence-corrected chi connectivity index (χ0v) is 16.5. The molecule has 2 N–H and O–H groups in total. The summed E-state index contributed by atoms with van der Waals surface area (Å²) in [7, 11) is 3.66. The number of hydrogen-bond donors (Lipinski definition) is 2. The van der Waals surface area contributed by atoms with Crippen molar-refractivity contribution in [1.82, 2.24) is 20.4 Å². The lowest BCUT2D eigenvalue weighted by Crippen LogP contribution is -2.44. The summed E-state index contributed by atoms with van der Waals surface area (Å²) in [6, 6.07) is 8.56. The summed E-state index contributed by atoms with van der Waals surface area (Å²) in [6.45, 7) is 5.63. The van der Waals surface area contributed by atoms with Gasteiger partial charge in [-0.2, -0.15) is 5.10 Å². The van der Waals surface area contributed by atoms with Crippen molar-refractivity contribution < 1.29 is 4.74 Å². The molecular weight excluding hydrogens is 340 g/mol. The third-order valence-electron chi connectivity index (χ3n) is 4.73. The first-order valence-electron chi connectivity index (χ1n) is 9.60. The van der Waals surface area contributed by atoms with Gasteiger partial charge in [0.2, 0.25) is 0 Å². The van der Waals surface area contributed by atoms with Gasteiger partial charge >= 0.3 is 0 Å². The second kappa shape index (κ2) is 9.30. The van der Waals surface area contributed by atoms with Gasteiger partial charge in [0.05, 0.1) is 19.0 Å². The van der Waals surface area contributed by atoms with Crippen LogP contribution >= 0.6 is 0 Å². The summed E-state index contributed by atoms with van der Waals surface area (Å²) in [5, 5.41) is 11.1. The van der Waals surface area contributed by atoms with E-state index in [0.29, 0.717) is 6.04 Å². The van der Waals surface area contributed by atoms with Crippen molar-refractivity contribution in [1.29, 1.82) is 0 Å². The van der Waals surface area contributed by atoms with Crippen LogP contribution in [0.3, 0.4) is 0 Å². The van der Waals surface area contributed by atoms with Crippen molar-refractivity contribution in [2.75, 3.05) is 38.2 Å². The molecule has 0 bridgehead atoms. The number of aromatic nitrogens is 2. The van der Waals surface area contributed by atoms with Gasteiger partial charge in [-0.3, -0.25) is 9.67 Å². The maximum absolute atomic E-state index is 5.50. The molecule has 1 aliphatic rings. The number of para-hydroxylation sites is 2. The van der Waals surface area contributed by atoms with Crippen molar-refractivity contribution in [2.24, 2.45) is 12.0 Å². The molecule has 2 heterocycles. The van der Waals surface area contributed by atoms with Gasteiger partial charge in [0.25, 0.3) is 0 Å². The van der Waals surface area contributed by atoms with Crippen LogP contribution in [0.15, 0.2) is 41.7 Å². The third-order valence-corrected chi connectivity index (χ3v) is 4.73. The second-order valence-corrected chi connectivity index (χ2v) is 6.78. The van der Waals surface area contributed by atoms with E-state index >= 15 is 0 Å². The molecule has 1 atom stereocenters. The molecular formula is C20H30N6O. The van der Waals surface area contributed by atoms with Crippen LogP contribution in [0.2, 0.25) is 0 Å². The molecule has 0 saturated carbocycles. The van der Waals surface area contributed by atoms with Gasteiger partial charge in [-0.1, -0.05) is 12.1 Å². The molecule has 0 aliphatic carbocycles. The number of hydrogen-bond acceptors (Lipinski definition) is 4. The summed E-state index contributed by atoms with van der Waals surface area (Å²) >= 11 is 0. The molecule has 1 aromatic heterocycles. The number of aliphatic imine (C=N–C) groups is 1. The highest BCUT2D eigenvalue weighted by Gasteiger charge is 2.25. The van der Waals surface area contributed by atoms with Crippen LogP contribution in [0.25, 0.3) is 0 Å². The number of anilines is 1. The summed E-state index contributed by atoms with van der Waals surface area (Å²) in [4.78, 5) is 7.10. The number of nitrogens with zero attached hydrogens (tertiary/aromatic N) is 4. The number of nitrogens with one attached hydrogen (secondary N) is 2.